The van der Waals surface area contributed by atoms with Crippen LogP contribution in [0, 0.1) is 0 Å². The number of rotatable bonds is 12. The van der Waals surface area contributed by atoms with Crippen molar-refractivity contribution in [1.29, 1.82) is 0 Å². The van der Waals surface area contributed by atoms with E-state index in [0.717, 1.165) is 12.8 Å². The molecule has 3 nitrogen and oxygen atoms in total. The van der Waals surface area contributed by atoms with Crippen LogP contribution in [0.15, 0.2) is 42.7 Å². The Morgan fingerprint density at radius 3 is 2.16 bits per heavy atom. The van der Waals surface area contributed by atoms with Crippen molar-refractivity contribution < 1.29 is 4.74 Å². The monoisotopic (exact) mass is 340 g/mol. The zero-order chi connectivity index (χ0) is 17.7. The molecule has 0 aliphatic rings. The molecule has 25 heavy (non-hydrogen) atoms. The fraction of sp³-hybridized carbons (Fsp3) is 0.545. The molecule has 0 radical (unpaired) electrons. The van der Waals surface area contributed by atoms with Gasteiger partial charge in [0.25, 0.3) is 0 Å². The average molecular weight is 341 g/mol. The van der Waals surface area contributed by atoms with Crippen molar-refractivity contribution in [2.24, 2.45) is 0 Å². The minimum absolute atomic E-state index is 0.367. The molecular weight excluding hydrogens is 308 g/mol. The number of aromatic nitrogens is 2. The van der Waals surface area contributed by atoms with E-state index in [4.69, 9.17) is 4.74 Å². The maximum Gasteiger partial charge on any atom is 0.316 e. The Morgan fingerprint density at radius 2 is 1.48 bits per heavy atom. The summed E-state index contributed by atoms with van der Waals surface area (Å²) in [6.07, 6.45) is 13.5. The lowest BCUT2D eigenvalue weighted by Crippen LogP contribution is -2.05. The summed E-state index contributed by atoms with van der Waals surface area (Å²) in [7, 11) is 0. The second kappa shape index (κ2) is 11.6. The molecule has 0 bridgehead atoms. The van der Waals surface area contributed by atoms with E-state index in [1.807, 2.05) is 12.4 Å². The van der Waals surface area contributed by atoms with Gasteiger partial charge in [0.2, 0.25) is 0 Å². The standard InChI is InChI=1S/C22H32N2O/c1-3-5-7-12-16-25-22-23-17-20(18-24-22)21(15-9-6-4-2)19-13-10-8-11-14-19/h8,10-11,13-14,17-18,21H,3-7,9,12,15-16H2,1-2H3. The van der Waals surface area contributed by atoms with Crippen molar-refractivity contribution in [1.82, 2.24) is 9.97 Å². The second-order valence-corrected chi connectivity index (χ2v) is 6.67. The van der Waals surface area contributed by atoms with Crippen molar-refractivity contribution >= 4 is 0 Å². The lowest BCUT2D eigenvalue weighted by atomic mass is 9.88. The van der Waals surface area contributed by atoms with Crippen molar-refractivity contribution in [3.63, 3.8) is 0 Å². The van der Waals surface area contributed by atoms with Crippen molar-refractivity contribution in [3.8, 4) is 6.01 Å². The Bertz CT molecular complexity index is 568. The quantitative estimate of drug-likeness (QED) is 0.435. The molecule has 0 spiro atoms. The molecule has 2 rings (SSSR count). The Morgan fingerprint density at radius 1 is 0.800 bits per heavy atom. The Kier molecular flexibility index (Phi) is 9.03. The summed E-state index contributed by atoms with van der Waals surface area (Å²) < 4.78 is 5.67. The summed E-state index contributed by atoms with van der Waals surface area (Å²) in [6, 6.07) is 11.2. The molecule has 1 heterocycles. The van der Waals surface area contributed by atoms with E-state index in [2.05, 4.69) is 54.1 Å². The van der Waals surface area contributed by atoms with E-state index in [0.29, 0.717) is 18.5 Å². The van der Waals surface area contributed by atoms with E-state index < -0.39 is 0 Å². The highest BCUT2D eigenvalue weighted by atomic mass is 16.5. The van der Waals surface area contributed by atoms with Gasteiger partial charge in [0.05, 0.1) is 6.61 Å². The molecule has 0 saturated heterocycles. The zero-order valence-electron chi connectivity index (χ0n) is 15.8. The summed E-state index contributed by atoms with van der Waals surface area (Å²) in [5.41, 5.74) is 2.52. The van der Waals surface area contributed by atoms with Gasteiger partial charge in [-0.1, -0.05) is 82.7 Å². The van der Waals surface area contributed by atoms with Gasteiger partial charge in [-0.15, -0.1) is 0 Å². The topological polar surface area (TPSA) is 35.0 Å². The van der Waals surface area contributed by atoms with E-state index in [1.54, 1.807) is 0 Å². The second-order valence-electron chi connectivity index (χ2n) is 6.67. The molecule has 0 saturated carbocycles. The SMILES string of the molecule is CCCCCCOc1ncc(C(CCCCC)c2ccccc2)cn1. The first-order valence-corrected chi connectivity index (χ1v) is 9.84. The molecule has 0 aliphatic carbocycles. The number of hydrogen-bond donors (Lipinski definition) is 0. The van der Waals surface area contributed by atoms with Gasteiger partial charge in [-0.05, 0) is 24.0 Å². The Hall–Kier alpha value is -1.90. The van der Waals surface area contributed by atoms with Crippen molar-refractivity contribution in [2.45, 2.75) is 71.1 Å². The molecule has 0 amide bonds. The van der Waals surface area contributed by atoms with Crippen LogP contribution in [0.1, 0.15) is 82.3 Å². The first kappa shape index (κ1) is 19.4. The zero-order valence-corrected chi connectivity index (χ0v) is 15.8. The maximum atomic E-state index is 5.67. The highest BCUT2D eigenvalue weighted by Crippen LogP contribution is 2.29. The lowest BCUT2D eigenvalue weighted by Gasteiger charge is -2.17. The summed E-state index contributed by atoms with van der Waals surface area (Å²) in [4.78, 5) is 8.88. The van der Waals surface area contributed by atoms with Gasteiger partial charge >= 0.3 is 6.01 Å². The van der Waals surface area contributed by atoms with Crippen LogP contribution in [0.5, 0.6) is 6.01 Å². The summed E-state index contributed by atoms with van der Waals surface area (Å²) >= 11 is 0. The minimum Gasteiger partial charge on any atom is -0.463 e. The predicted molar refractivity (Wildman–Crippen MR) is 104 cm³/mol. The van der Waals surface area contributed by atoms with Crippen molar-refractivity contribution in [3.05, 3.63) is 53.9 Å². The van der Waals surface area contributed by atoms with Crippen LogP contribution < -0.4 is 4.74 Å². The van der Waals surface area contributed by atoms with Crippen LogP contribution in [0.3, 0.4) is 0 Å². The molecule has 1 aromatic heterocycles. The summed E-state index contributed by atoms with van der Waals surface area (Å²) in [6.45, 7) is 5.16. The molecule has 2 aromatic rings. The number of ether oxygens (including phenoxy) is 1. The molecular formula is C22H32N2O. The van der Waals surface area contributed by atoms with Gasteiger partial charge in [0, 0.05) is 18.3 Å². The Balaban J connectivity index is 1.97. The van der Waals surface area contributed by atoms with Crippen LogP contribution in [-0.4, -0.2) is 16.6 Å². The van der Waals surface area contributed by atoms with E-state index in [-0.39, 0.29) is 0 Å². The van der Waals surface area contributed by atoms with Gasteiger partial charge in [0.1, 0.15) is 0 Å². The third-order valence-corrected chi connectivity index (χ3v) is 4.58. The van der Waals surface area contributed by atoms with Crippen LogP contribution >= 0.6 is 0 Å². The van der Waals surface area contributed by atoms with Gasteiger partial charge in [-0.25, -0.2) is 9.97 Å². The highest BCUT2D eigenvalue weighted by molar-refractivity contribution is 5.29. The van der Waals surface area contributed by atoms with Gasteiger partial charge in [-0.3, -0.25) is 0 Å². The Labute approximate surface area is 152 Å². The lowest BCUT2D eigenvalue weighted by molar-refractivity contribution is 0.281. The molecule has 136 valence electrons. The van der Waals surface area contributed by atoms with Crippen molar-refractivity contribution in [2.75, 3.05) is 6.61 Å². The smallest absolute Gasteiger partial charge is 0.316 e. The highest BCUT2D eigenvalue weighted by Gasteiger charge is 2.15. The molecule has 0 N–H and O–H groups in total. The summed E-state index contributed by atoms with van der Waals surface area (Å²) in [5.74, 6) is 0.367. The van der Waals surface area contributed by atoms with Gasteiger partial charge in [-0.2, -0.15) is 0 Å². The third-order valence-electron chi connectivity index (χ3n) is 4.58. The van der Waals surface area contributed by atoms with Gasteiger partial charge < -0.3 is 4.74 Å². The number of benzene rings is 1. The van der Waals surface area contributed by atoms with Crippen LogP contribution in [0.25, 0.3) is 0 Å². The van der Waals surface area contributed by atoms with E-state index in [9.17, 15) is 0 Å². The minimum atomic E-state index is 0.367. The number of nitrogens with zero attached hydrogens (tertiary/aromatic N) is 2. The van der Waals surface area contributed by atoms with Crippen LogP contribution in [-0.2, 0) is 0 Å². The number of unbranched alkanes of at least 4 members (excludes halogenated alkanes) is 5. The van der Waals surface area contributed by atoms with Gasteiger partial charge in [0.15, 0.2) is 0 Å². The largest absolute Gasteiger partial charge is 0.463 e. The average Bonchev–Trinajstić information content (AvgIpc) is 2.67. The third kappa shape index (κ3) is 6.85. The fourth-order valence-electron chi connectivity index (χ4n) is 3.08. The molecule has 0 aliphatic heterocycles. The molecule has 1 unspecified atom stereocenters. The first-order valence-electron chi connectivity index (χ1n) is 9.84. The van der Waals surface area contributed by atoms with E-state index >= 15 is 0 Å². The molecule has 1 atom stereocenters. The van der Waals surface area contributed by atoms with Crippen LogP contribution in [0.4, 0.5) is 0 Å². The number of hydrogen-bond acceptors (Lipinski definition) is 3. The maximum absolute atomic E-state index is 5.67. The molecule has 1 aromatic carbocycles. The fourth-order valence-corrected chi connectivity index (χ4v) is 3.08. The van der Waals surface area contributed by atoms with E-state index in [1.165, 1.54) is 49.7 Å². The first-order chi connectivity index (χ1) is 12.3. The van der Waals surface area contributed by atoms with Crippen LogP contribution in [0.2, 0.25) is 0 Å². The molecule has 0 fully saturated rings. The normalized spacial score (nSPS) is 12.1. The predicted octanol–water partition coefficient (Wildman–Crippen LogP) is 6.15. The summed E-state index contributed by atoms with van der Waals surface area (Å²) in [5, 5.41) is 0. The molecule has 3 heteroatoms.